The largest absolute Gasteiger partial charge is 0.276 e. The number of carbonyl (C=O) groups is 1. The molecule has 0 fully saturated rings. The van der Waals surface area contributed by atoms with Crippen LogP contribution in [0.1, 0.15) is 10.4 Å². The van der Waals surface area contributed by atoms with Gasteiger partial charge in [-0.2, -0.15) is 0 Å². The second kappa shape index (κ2) is 16.7. The molecule has 0 spiro atoms. The normalized spacial score (nSPS) is 9.89. The topological polar surface area (TPSA) is 60.1 Å². The van der Waals surface area contributed by atoms with Gasteiger partial charge in [-0.05, 0) is 41.9 Å². The van der Waals surface area contributed by atoms with E-state index in [1.807, 2.05) is 97.1 Å². The van der Waals surface area contributed by atoms with Crippen molar-refractivity contribution < 1.29 is 4.79 Å². The van der Waals surface area contributed by atoms with Crippen molar-refractivity contribution in [3.63, 3.8) is 0 Å². The van der Waals surface area contributed by atoms with E-state index in [0.717, 1.165) is 30.1 Å². The zero-order valence-electron chi connectivity index (χ0n) is 22.9. The van der Waals surface area contributed by atoms with Gasteiger partial charge in [0.05, 0.1) is 6.57 Å². The van der Waals surface area contributed by atoms with E-state index < -0.39 is 5.24 Å². The lowest BCUT2D eigenvalue weighted by atomic mass is 10.1. The summed E-state index contributed by atoms with van der Waals surface area (Å²) in [5.41, 5.74) is 4.05. The van der Waals surface area contributed by atoms with Gasteiger partial charge in [0.1, 0.15) is 0 Å². The Kier molecular flexibility index (Phi) is 12.5. The number of rotatable bonds is 4. The Balaban J connectivity index is 0.000000200. The van der Waals surface area contributed by atoms with E-state index in [9.17, 15) is 4.79 Å². The fourth-order valence-electron chi connectivity index (χ4n) is 3.72. The van der Waals surface area contributed by atoms with Crippen LogP contribution in [0.25, 0.3) is 39.0 Å². The molecule has 1 heterocycles. The Morgan fingerprint density at radius 2 is 0.955 bits per heavy atom. The van der Waals surface area contributed by atoms with E-state index >= 15 is 0 Å². The van der Waals surface area contributed by atoms with Crippen molar-refractivity contribution in [3.8, 4) is 34.2 Å². The SMILES string of the molecule is Brc1cccc(-c2nc(-c3ccccc3)nc(-c3cccc(Br)c3)n2)c1.O=C(Cl)c1ccccc1.[C-]#[N+]c1cccc(Br)c1. The van der Waals surface area contributed by atoms with Gasteiger partial charge in [0, 0.05) is 35.7 Å². The molecule has 0 saturated carbocycles. The summed E-state index contributed by atoms with van der Waals surface area (Å²) in [5, 5.41) is -0.407. The van der Waals surface area contributed by atoms with E-state index in [0.29, 0.717) is 28.7 Å². The van der Waals surface area contributed by atoms with Crippen LogP contribution in [-0.2, 0) is 0 Å². The number of hydrogen-bond acceptors (Lipinski definition) is 4. The van der Waals surface area contributed by atoms with Gasteiger partial charge in [0.25, 0.3) is 5.24 Å². The van der Waals surface area contributed by atoms with Gasteiger partial charge >= 0.3 is 0 Å². The fraction of sp³-hybridized carbons (Fsp3) is 0. The molecule has 0 bridgehead atoms. The average Bonchev–Trinajstić information content (AvgIpc) is 3.06. The standard InChI is InChI=1S/C21H13Br2N3.C7H4BrN.C7H5ClO/c22-17-10-4-8-15(12-17)20-24-19(14-6-2-1-3-7-14)25-21(26-20)16-9-5-11-18(23)13-16;1-9-7-4-2-3-6(8)5-7;8-7(9)6-4-2-1-3-5-6/h1-13H;2-5H;1-5H. The fourth-order valence-corrected chi connectivity index (χ4v) is 5.03. The van der Waals surface area contributed by atoms with E-state index in [1.165, 1.54) is 0 Å². The summed E-state index contributed by atoms with van der Waals surface area (Å²) in [5.74, 6) is 1.95. The molecule has 216 valence electrons. The quantitative estimate of drug-likeness (QED) is 0.132. The first-order chi connectivity index (χ1) is 21.3. The number of halogens is 4. The van der Waals surface area contributed by atoms with Crippen molar-refractivity contribution in [2.24, 2.45) is 0 Å². The van der Waals surface area contributed by atoms with Gasteiger partial charge in [-0.3, -0.25) is 4.79 Å². The first kappa shape index (κ1) is 32.9. The lowest BCUT2D eigenvalue weighted by molar-refractivity contribution is 0.108. The maximum Gasteiger partial charge on any atom is 0.252 e. The molecule has 0 amide bonds. The highest BCUT2D eigenvalue weighted by molar-refractivity contribution is 9.11. The summed E-state index contributed by atoms with van der Waals surface area (Å²) in [6.07, 6.45) is 0. The maximum absolute atomic E-state index is 10.4. The minimum absolute atomic E-state index is 0.407. The second-order valence-corrected chi connectivity index (χ2v) is 12.0. The highest BCUT2D eigenvalue weighted by Gasteiger charge is 2.12. The molecule has 0 unspecified atom stereocenters. The molecular formula is C35H22Br3ClN4O. The van der Waals surface area contributed by atoms with Crippen LogP contribution in [0, 0.1) is 6.57 Å². The van der Waals surface area contributed by atoms with Gasteiger partial charge in [0.2, 0.25) is 0 Å². The molecule has 6 aromatic rings. The minimum Gasteiger partial charge on any atom is -0.276 e. The molecule has 5 aromatic carbocycles. The van der Waals surface area contributed by atoms with Gasteiger partial charge in [-0.15, -0.1) is 0 Å². The third kappa shape index (κ3) is 10.0. The van der Waals surface area contributed by atoms with E-state index in [2.05, 4.69) is 52.6 Å². The first-order valence-electron chi connectivity index (χ1n) is 13.0. The number of benzene rings is 5. The molecule has 0 radical (unpaired) electrons. The molecular weight excluding hydrogens is 768 g/mol. The highest BCUT2D eigenvalue weighted by Crippen LogP contribution is 2.27. The molecule has 0 saturated heterocycles. The van der Waals surface area contributed by atoms with Crippen molar-refractivity contribution in [3.05, 3.63) is 164 Å². The number of hydrogen-bond donors (Lipinski definition) is 0. The zero-order valence-corrected chi connectivity index (χ0v) is 28.4. The van der Waals surface area contributed by atoms with Gasteiger partial charge in [-0.25, -0.2) is 19.8 Å². The molecule has 5 nitrogen and oxygen atoms in total. The lowest BCUT2D eigenvalue weighted by Crippen LogP contribution is -2.00. The third-order valence-corrected chi connectivity index (χ3v) is 7.47. The van der Waals surface area contributed by atoms with Crippen molar-refractivity contribution in [1.29, 1.82) is 0 Å². The molecule has 0 aliphatic rings. The average molecular weight is 790 g/mol. The van der Waals surface area contributed by atoms with E-state index in [4.69, 9.17) is 33.1 Å². The Morgan fingerprint density at radius 1 is 0.545 bits per heavy atom. The Morgan fingerprint density at radius 3 is 1.34 bits per heavy atom. The van der Waals surface area contributed by atoms with Crippen LogP contribution in [0.15, 0.2) is 147 Å². The molecule has 0 aliphatic carbocycles. The molecule has 9 heteroatoms. The molecule has 0 atom stereocenters. The van der Waals surface area contributed by atoms with Crippen molar-refractivity contribution in [2.45, 2.75) is 0 Å². The molecule has 1 aromatic heterocycles. The van der Waals surface area contributed by atoms with Crippen molar-refractivity contribution in [2.75, 3.05) is 0 Å². The summed E-state index contributed by atoms with van der Waals surface area (Å²) in [7, 11) is 0. The second-order valence-electron chi connectivity index (χ2n) is 8.92. The van der Waals surface area contributed by atoms with Crippen LogP contribution in [0.2, 0.25) is 0 Å². The Labute approximate surface area is 286 Å². The molecule has 0 aliphatic heterocycles. The summed E-state index contributed by atoms with van der Waals surface area (Å²) in [4.78, 5) is 27.8. The molecule has 44 heavy (non-hydrogen) atoms. The predicted octanol–water partition coefficient (Wildman–Crippen LogP) is 11.5. The third-order valence-electron chi connectivity index (χ3n) is 5.77. The number of aromatic nitrogens is 3. The van der Waals surface area contributed by atoms with Gasteiger partial charge in [-0.1, -0.05) is 151 Å². The van der Waals surface area contributed by atoms with Crippen molar-refractivity contribution in [1.82, 2.24) is 15.0 Å². The van der Waals surface area contributed by atoms with Gasteiger partial charge in [0.15, 0.2) is 23.2 Å². The van der Waals surface area contributed by atoms with Crippen LogP contribution in [-0.4, -0.2) is 20.2 Å². The Bertz CT molecular complexity index is 1830. The van der Waals surface area contributed by atoms with Crippen LogP contribution in [0.5, 0.6) is 0 Å². The minimum atomic E-state index is -0.407. The smallest absolute Gasteiger partial charge is 0.252 e. The summed E-state index contributed by atoms with van der Waals surface area (Å²) in [6, 6.07) is 41.9. The monoisotopic (exact) mass is 786 g/mol. The lowest BCUT2D eigenvalue weighted by Gasteiger charge is -2.08. The van der Waals surface area contributed by atoms with E-state index in [-0.39, 0.29) is 0 Å². The van der Waals surface area contributed by atoms with Gasteiger partial charge < -0.3 is 0 Å². The summed E-state index contributed by atoms with van der Waals surface area (Å²) < 4.78 is 2.93. The van der Waals surface area contributed by atoms with Crippen molar-refractivity contribution >= 4 is 70.3 Å². The Hall–Kier alpha value is -4.00. The number of carbonyl (C=O) groups excluding carboxylic acids is 1. The van der Waals surface area contributed by atoms with Crippen LogP contribution in [0.3, 0.4) is 0 Å². The predicted molar refractivity (Wildman–Crippen MR) is 189 cm³/mol. The highest BCUT2D eigenvalue weighted by atomic mass is 79.9. The zero-order chi connectivity index (χ0) is 31.3. The van der Waals surface area contributed by atoms with Crippen LogP contribution in [0.4, 0.5) is 5.69 Å². The number of nitrogens with zero attached hydrogens (tertiary/aromatic N) is 4. The summed E-state index contributed by atoms with van der Waals surface area (Å²) >= 11 is 15.5. The van der Waals surface area contributed by atoms with Crippen LogP contribution >= 0.6 is 59.4 Å². The summed E-state index contributed by atoms with van der Waals surface area (Å²) in [6.45, 7) is 6.64. The van der Waals surface area contributed by atoms with E-state index in [1.54, 1.807) is 36.4 Å². The molecule has 0 N–H and O–H groups in total. The maximum atomic E-state index is 10.4. The first-order valence-corrected chi connectivity index (χ1v) is 15.8. The molecule has 6 rings (SSSR count). The van der Waals surface area contributed by atoms with Crippen LogP contribution < -0.4 is 0 Å².